The fourth-order valence-electron chi connectivity index (χ4n) is 3.02. The quantitative estimate of drug-likeness (QED) is 0.619. The summed E-state index contributed by atoms with van der Waals surface area (Å²) in [6.07, 6.45) is 4.95. The zero-order chi connectivity index (χ0) is 18.9. The molecule has 3 aromatic rings. The van der Waals surface area contributed by atoms with Crippen LogP contribution in [-0.4, -0.2) is 20.5 Å². The minimum absolute atomic E-state index is 0.185. The first kappa shape index (κ1) is 18.3. The van der Waals surface area contributed by atoms with Crippen LogP contribution in [0.15, 0.2) is 36.8 Å². The number of nitrogens with one attached hydrogen (secondary N) is 1. The minimum Gasteiger partial charge on any atom is -0.341 e. The van der Waals surface area contributed by atoms with E-state index in [4.69, 9.17) is 0 Å². The SMILES string of the molecule is CCC(F)(F)Cn1ccc2c(Nc3c(C)ccnc3C(C)C)nccc21. The molecule has 138 valence electrons. The van der Waals surface area contributed by atoms with Gasteiger partial charge in [0.2, 0.25) is 0 Å². The Morgan fingerprint density at radius 1 is 1.15 bits per heavy atom. The first-order valence-electron chi connectivity index (χ1n) is 8.86. The average molecular weight is 358 g/mol. The highest BCUT2D eigenvalue weighted by atomic mass is 19.3. The van der Waals surface area contributed by atoms with Crippen molar-refractivity contribution in [3.63, 3.8) is 0 Å². The van der Waals surface area contributed by atoms with Gasteiger partial charge in [-0.1, -0.05) is 20.8 Å². The molecule has 3 heterocycles. The van der Waals surface area contributed by atoms with Gasteiger partial charge in [-0.3, -0.25) is 4.98 Å². The van der Waals surface area contributed by atoms with E-state index in [-0.39, 0.29) is 18.9 Å². The number of fused-ring (bicyclic) bond motifs is 1. The molecule has 0 atom stereocenters. The average Bonchev–Trinajstić information content (AvgIpc) is 3.00. The molecular formula is C20H24F2N4. The lowest BCUT2D eigenvalue weighted by Gasteiger charge is -2.17. The van der Waals surface area contributed by atoms with Crippen LogP contribution in [0, 0.1) is 6.92 Å². The molecule has 0 bridgehead atoms. The van der Waals surface area contributed by atoms with E-state index in [1.165, 1.54) is 6.92 Å². The maximum atomic E-state index is 13.8. The third-order valence-corrected chi connectivity index (χ3v) is 4.60. The molecule has 0 saturated carbocycles. The van der Waals surface area contributed by atoms with Crippen molar-refractivity contribution in [2.75, 3.05) is 5.32 Å². The molecule has 1 N–H and O–H groups in total. The van der Waals surface area contributed by atoms with Crippen molar-refractivity contribution >= 4 is 22.4 Å². The highest BCUT2D eigenvalue weighted by Gasteiger charge is 2.27. The second kappa shape index (κ2) is 7.02. The zero-order valence-electron chi connectivity index (χ0n) is 15.6. The summed E-state index contributed by atoms with van der Waals surface area (Å²) in [6.45, 7) is 7.36. The summed E-state index contributed by atoms with van der Waals surface area (Å²) in [5, 5.41) is 4.20. The fraction of sp³-hybridized carbons (Fsp3) is 0.400. The van der Waals surface area contributed by atoms with Gasteiger partial charge in [-0.2, -0.15) is 0 Å². The molecule has 0 unspecified atom stereocenters. The number of nitrogens with zero attached hydrogens (tertiary/aromatic N) is 3. The molecule has 0 fully saturated rings. The summed E-state index contributed by atoms with van der Waals surface area (Å²) in [5.41, 5.74) is 3.69. The van der Waals surface area contributed by atoms with Crippen LogP contribution >= 0.6 is 0 Å². The lowest BCUT2D eigenvalue weighted by atomic mass is 10.0. The second-order valence-electron chi connectivity index (χ2n) is 6.91. The van der Waals surface area contributed by atoms with E-state index in [1.807, 2.05) is 19.1 Å². The highest BCUT2D eigenvalue weighted by molar-refractivity contribution is 5.92. The van der Waals surface area contributed by atoms with Crippen molar-refractivity contribution in [2.45, 2.75) is 52.5 Å². The molecule has 0 amide bonds. The Hall–Kier alpha value is -2.50. The summed E-state index contributed by atoms with van der Waals surface area (Å²) in [6, 6.07) is 5.55. The van der Waals surface area contributed by atoms with Crippen molar-refractivity contribution in [3.8, 4) is 0 Å². The molecule has 26 heavy (non-hydrogen) atoms. The van der Waals surface area contributed by atoms with Crippen molar-refractivity contribution < 1.29 is 8.78 Å². The number of aryl methyl sites for hydroxylation is 1. The Balaban J connectivity index is 2.02. The van der Waals surface area contributed by atoms with E-state index in [0.717, 1.165) is 27.8 Å². The molecule has 3 rings (SSSR count). The number of halogens is 2. The first-order valence-corrected chi connectivity index (χ1v) is 8.86. The maximum absolute atomic E-state index is 13.8. The van der Waals surface area contributed by atoms with E-state index < -0.39 is 5.92 Å². The molecule has 0 radical (unpaired) electrons. The highest BCUT2D eigenvalue weighted by Crippen LogP contribution is 2.32. The fourth-order valence-corrected chi connectivity index (χ4v) is 3.02. The Labute approximate surface area is 152 Å². The first-order chi connectivity index (χ1) is 12.3. The lowest BCUT2D eigenvalue weighted by Crippen LogP contribution is -2.22. The molecule has 3 aromatic heterocycles. The van der Waals surface area contributed by atoms with Gasteiger partial charge >= 0.3 is 0 Å². The number of rotatable bonds is 6. The predicted octanol–water partition coefficient (Wildman–Crippen LogP) is 5.65. The van der Waals surface area contributed by atoms with Crippen LogP contribution in [-0.2, 0) is 6.54 Å². The van der Waals surface area contributed by atoms with Gasteiger partial charge in [-0.05, 0) is 36.6 Å². The minimum atomic E-state index is -2.73. The Morgan fingerprint density at radius 2 is 1.88 bits per heavy atom. The maximum Gasteiger partial charge on any atom is 0.265 e. The summed E-state index contributed by atoms with van der Waals surface area (Å²) in [5.74, 6) is -1.82. The smallest absolute Gasteiger partial charge is 0.265 e. The molecule has 0 saturated heterocycles. The van der Waals surface area contributed by atoms with E-state index >= 15 is 0 Å². The molecule has 0 spiro atoms. The molecule has 0 aliphatic rings. The van der Waals surface area contributed by atoms with E-state index in [2.05, 4.69) is 29.1 Å². The number of aromatic nitrogens is 3. The van der Waals surface area contributed by atoms with Crippen LogP contribution < -0.4 is 5.32 Å². The number of alkyl halides is 2. The summed E-state index contributed by atoms with van der Waals surface area (Å²) in [7, 11) is 0. The zero-order valence-corrected chi connectivity index (χ0v) is 15.6. The van der Waals surface area contributed by atoms with Gasteiger partial charge in [0.25, 0.3) is 5.92 Å². The van der Waals surface area contributed by atoms with Gasteiger partial charge in [0.1, 0.15) is 5.82 Å². The van der Waals surface area contributed by atoms with Crippen LogP contribution in [0.4, 0.5) is 20.3 Å². The number of hydrogen-bond acceptors (Lipinski definition) is 3. The summed E-state index contributed by atoms with van der Waals surface area (Å²) >= 11 is 0. The monoisotopic (exact) mass is 358 g/mol. The molecular weight excluding hydrogens is 334 g/mol. The summed E-state index contributed by atoms with van der Waals surface area (Å²) in [4.78, 5) is 8.92. The third kappa shape index (κ3) is 3.54. The van der Waals surface area contributed by atoms with Crippen LogP contribution in [0.5, 0.6) is 0 Å². The third-order valence-electron chi connectivity index (χ3n) is 4.60. The van der Waals surface area contributed by atoms with Gasteiger partial charge in [-0.15, -0.1) is 0 Å². The molecule has 0 aromatic carbocycles. The van der Waals surface area contributed by atoms with Crippen molar-refractivity contribution in [2.24, 2.45) is 0 Å². The Bertz CT molecular complexity index is 915. The van der Waals surface area contributed by atoms with Crippen molar-refractivity contribution in [1.82, 2.24) is 14.5 Å². The predicted molar refractivity (Wildman–Crippen MR) is 101 cm³/mol. The Kier molecular flexibility index (Phi) is 4.94. The van der Waals surface area contributed by atoms with E-state index in [1.54, 1.807) is 29.2 Å². The normalized spacial score (nSPS) is 12.1. The molecule has 4 nitrogen and oxygen atoms in total. The Morgan fingerprint density at radius 3 is 2.58 bits per heavy atom. The number of anilines is 2. The van der Waals surface area contributed by atoms with Gasteiger partial charge in [-0.25, -0.2) is 13.8 Å². The summed E-state index contributed by atoms with van der Waals surface area (Å²) < 4.78 is 29.2. The van der Waals surface area contributed by atoms with E-state index in [9.17, 15) is 8.78 Å². The van der Waals surface area contributed by atoms with Gasteiger partial charge < -0.3 is 9.88 Å². The standard InChI is InChI=1S/C20H24F2N4/c1-5-20(21,22)12-26-11-8-15-16(26)7-10-24-19(15)25-18-14(4)6-9-23-17(18)13(2)3/h6-11,13H,5,12H2,1-4H3,(H,24,25). The number of pyridine rings is 2. The topological polar surface area (TPSA) is 42.7 Å². The van der Waals surface area contributed by atoms with Crippen LogP contribution in [0.25, 0.3) is 10.9 Å². The largest absolute Gasteiger partial charge is 0.341 e. The van der Waals surface area contributed by atoms with Crippen molar-refractivity contribution in [1.29, 1.82) is 0 Å². The lowest BCUT2D eigenvalue weighted by molar-refractivity contribution is -0.0187. The van der Waals surface area contributed by atoms with Gasteiger partial charge in [0, 0.05) is 30.4 Å². The van der Waals surface area contributed by atoms with Crippen LogP contribution in [0.2, 0.25) is 0 Å². The van der Waals surface area contributed by atoms with Gasteiger partial charge in [0.15, 0.2) is 0 Å². The van der Waals surface area contributed by atoms with Crippen LogP contribution in [0.3, 0.4) is 0 Å². The van der Waals surface area contributed by atoms with Crippen LogP contribution in [0.1, 0.15) is 44.4 Å². The molecule has 6 heteroatoms. The molecule has 0 aliphatic heterocycles. The van der Waals surface area contributed by atoms with Crippen molar-refractivity contribution in [3.05, 3.63) is 48.0 Å². The second-order valence-corrected chi connectivity index (χ2v) is 6.91. The number of hydrogen-bond donors (Lipinski definition) is 1. The molecule has 0 aliphatic carbocycles. The van der Waals surface area contributed by atoms with E-state index in [0.29, 0.717) is 5.82 Å². The van der Waals surface area contributed by atoms with Gasteiger partial charge in [0.05, 0.1) is 23.4 Å².